The fourth-order valence-corrected chi connectivity index (χ4v) is 3.46. The second-order valence-electron chi connectivity index (χ2n) is 6.30. The molecule has 7 heteroatoms. The Kier molecular flexibility index (Phi) is 7.21. The number of aromatic hydroxyl groups is 1. The summed E-state index contributed by atoms with van der Waals surface area (Å²) in [5, 5.41) is 15.7. The molecule has 0 bridgehead atoms. The molecule has 1 amide bonds. The topological polar surface area (TPSA) is 70.6 Å². The molecule has 0 heterocycles. The van der Waals surface area contributed by atoms with Crippen molar-refractivity contribution in [3.63, 3.8) is 0 Å². The number of amides is 1. The maximum absolute atomic E-state index is 12.6. The number of benzene rings is 2. The van der Waals surface area contributed by atoms with Crippen LogP contribution in [-0.2, 0) is 0 Å². The lowest BCUT2D eigenvalue weighted by atomic mass is 9.98. The summed E-state index contributed by atoms with van der Waals surface area (Å²) in [7, 11) is 1.52. The van der Waals surface area contributed by atoms with E-state index in [1.54, 1.807) is 12.1 Å². The molecule has 0 fully saturated rings. The van der Waals surface area contributed by atoms with Crippen LogP contribution < -0.4 is 15.4 Å². The largest absolute Gasteiger partial charge is 0.506 e. The summed E-state index contributed by atoms with van der Waals surface area (Å²) in [6.07, 6.45) is 0.980. The number of hydrogen-bond acceptors (Lipinski definition) is 4. The van der Waals surface area contributed by atoms with Gasteiger partial charge in [-0.25, -0.2) is 0 Å². The summed E-state index contributed by atoms with van der Waals surface area (Å²) in [5.74, 6) is 0.504. The van der Waals surface area contributed by atoms with Crippen molar-refractivity contribution < 1.29 is 14.6 Å². The van der Waals surface area contributed by atoms with E-state index in [9.17, 15) is 9.90 Å². The molecule has 1 atom stereocenters. The van der Waals surface area contributed by atoms with E-state index < -0.39 is 5.91 Å². The Labute approximate surface area is 173 Å². The van der Waals surface area contributed by atoms with Crippen LogP contribution in [0.4, 0.5) is 5.69 Å². The first-order valence-corrected chi connectivity index (χ1v) is 9.76. The summed E-state index contributed by atoms with van der Waals surface area (Å²) in [6.45, 7) is 6.07. The van der Waals surface area contributed by atoms with Crippen LogP contribution in [0, 0.1) is 6.92 Å². The molecule has 144 valence electrons. The minimum absolute atomic E-state index is 0.0644. The zero-order valence-electron chi connectivity index (χ0n) is 15.7. The number of carbonyl (C=O) groups excluding carboxylic acids is 1. The normalized spacial score (nSPS) is 11.6. The number of phenolic OH excluding ortho intramolecular Hbond substituents is 1. The number of carbonyl (C=O) groups is 1. The maximum atomic E-state index is 12.6. The molecule has 2 aromatic carbocycles. The van der Waals surface area contributed by atoms with Crippen LogP contribution in [-0.4, -0.2) is 23.2 Å². The Morgan fingerprint density at radius 2 is 2.04 bits per heavy atom. The van der Waals surface area contributed by atoms with Crippen LogP contribution in [0.25, 0.3) is 0 Å². The van der Waals surface area contributed by atoms with Gasteiger partial charge in [-0.05, 0) is 66.9 Å². The van der Waals surface area contributed by atoms with Crippen LogP contribution in [0.1, 0.15) is 47.7 Å². The highest BCUT2D eigenvalue weighted by molar-refractivity contribution is 9.10. The van der Waals surface area contributed by atoms with Gasteiger partial charge in [-0.3, -0.25) is 10.1 Å². The van der Waals surface area contributed by atoms with Gasteiger partial charge >= 0.3 is 0 Å². The summed E-state index contributed by atoms with van der Waals surface area (Å²) in [4.78, 5) is 12.6. The fraction of sp³-hybridized carbons (Fsp3) is 0.300. The van der Waals surface area contributed by atoms with Crippen LogP contribution in [0.3, 0.4) is 0 Å². The first-order valence-electron chi connectivity index (χ1n) is 8.56. The zero-order chi connectivity index (χ0) is 20.1. The summed E-state index contributed by atoms with van der Waals surface area (Å²) >= 11 is 8.63. The molecular formula is C20H23BrN2O3S. The van der Waals surface area contributed by atoms with Crippen molar-refractivity contribution in [1.82, 2.24) is 5.32 Å². The van der Waals surface area contributed by atoms with Gasteiger partial charge in [-0.1, -0.05) is 35.8 Å². The number of methoxy groups -OCH3 is 1. The van der Waals surface area contributed by atoms with Crippen molar-refractivity contribution in [3.8, 4) is 11.5 Å². The number of halogens is 1. The number of hydrogen-bond donors (Lipinski definition) is 3. The average molecular weight is 451 g/mol. The van der Waals surface area contributed by atoms with E-state index in [2.05, 4.69) is 40.4 Å². The lowest BCUT2D eigenvalue weighted by Gasteiger charge is -2.16. The van der Waals surface area contributed by atoms with Gasteiger partial charge in [0.2, 0.25) is 0 Å². The quantitative estimate of drug-likeness (QED) is 0.435. The van der Waals surface area contributed by atoms with Crippen molar-refractivity contribution in [2.75, 3.05) is 12.4 Å². The van der Waals surface area contributed by atoms with E-state index in [1.807, 2.05) is 25.1 Å². The first kappa shape index (κ1) is 21.2. The maximum Gasteiger partial charge on any atom is 0.261 e. The third kappa shape index (κ3) is 5.20. The van der Waals surface area contributed by atoms with Gasteiger partial charge in [0.1, 0.15) is 11.5 Å². The molecule has 0 saturated heterocycles. The number of aryl methyl sites for hydroxylation is 1. The number of anilines is 1. The van der Waals surface area contributed by atoms with E-state index in [4.69, 9.17) is 17.0 Å². The SMILES string of the molecule is CCC(C)c1ccc(O)c(NC(=S)NC(=O)c2cc(Br)cc(C)c2OC)c1. The summed E-state index contributed by atoms with van der Waals surface area (Å²) in [5.41, 5.74) is 2.73. The molecule has 27 heavy (non-hydrogen) atoms. The van der Waals surface area contributed by atoms with Gasteiger partial charge in [0.05, 0.1) is 18.4 Å². The Hall–Kier alpha value is -2.12. The molecule has 2 rings (SSSR count). The third-order valence-corrected chi connectivity index (χ3v) is 5.03. The van der Waals surface area contributed by atoms with Gasteiger partial charge in [0.15, 0.2) is 5.11 Å². The minimum Gasteiger partial charge on any atom is -0.506 e. The predicted molar refractivity (Wildman–Crippen MR) is 116 cm³/mol. The molecule has 0 aliphatic rings. The second kappa shape index (κ2) is 9.19. The highest BCUT2D eigenvalue weighted by atomic mass is 79.9. The van der Waals surface area contributed by atoms with Crippen molar-refractivity contribution in [2.24, 2.45) is 0 Å². The Morgan fingerprint density at radius 3 is 2.67 bits per heavy atom. The van der Waals surface area contributed by atoms with Gasteiger partial charge in [0.25, 0.3) is 5.91 Å². The van der Waals surface area contributed by atoms with E-state index in [1.165, 1.54) is 7.11 Å². The van der Waals surface area contributed by atoms with Crippen LogP contribution in [0.2, 0.25) is 0 Å². The minimum atomic E-state index is -0.397. The molecule has 5 nitrogen and oxygen atoms in total. The molecule has 0 saturated carbocycles. The van der Waals surface area contributed by atoms with Crippen molar-refractivity contribution >= 4 is 44.9 Å². The molecule has 0 spiro atoms. The molecule has 1 unspecified atom stereocenters. The Balaban J connectivity index is 2.18. The molecule has 0 aliphatic carbocycles. The molecule has 0 aromatic heterocycles. The van der Waals surface area contributed by atoms with Gasteiger partial charge in [-0.2, -0.15) is 0 Å². The zero-order valence-corrected chi connectivity index (χ0v) is 18.1. The highest BCUT2D eigenvalue weighted by Gasteiger charge is 2.17. The molecule has 3 N–H and O–H groups in total. The predicted octanol–water partition coefficient (Wildman–Crippen LogP) is 5.11. The summed E-state index contributed by atoms with van der Waals surface area (Å²) in [6, 6.07) is 8.88. The van der Waals surface area contributed by atoms with Crippen LogP contribution >= 0.6 is 28.1 Å². The lowest BCUT2D eigenvalue weighted by Crippen LogP contribution is -2.34. The van der Waals surface area contributed by atoms with Crippen LogP contribution in [0.15, 0.2) is 34.8 Å². The molecule has 0 radical (unpaired) electrons. The number of ether oxygens (including phenoxy) is 1. The number of nitrogens with one attached hydrogen (secondary N) is 2. The second-order valence-corrected chi connectivity index (χ2v) is 7.62. The number of phenols is 1. The van der Waals surface area contributed by atoms with E-state index in [0.29, 0.717) is 22.9 Å². The monoisotopic (exact) mass is 450 g/mol. The molecule has 0 aliphatic heterocycles. The highest BCUT2D eigenvalue weighted by Crippen LogP contribution is 2.30. The average Bonchev–Trinajstić information content (AvgIpc) is 2.62. The van der Waals surface area contributed by atoms with Crippen molar-refractivity contribution in [2.45, 2.75) is 33.1 Å². The Morgan fingerprint density at radius 1 is 1.33 bits per heavy atom. The van der Waals surface area contributed by atoms with E-state index in [0.717, 1.165) is 22.0 Å². The van der Waals surface area contributed by atoms with E-state index in [-0.39, 0.29) is 10.9 Å². The fourth-order valence-electron chi connectivity index (χ4n) is 2.69. The summed E-state index contributed by atoms with van der Waals surface area (Å²) < 4.78 is 6.11. The smallest absolute Gasteiger partial charge is 0.261 e. The van der Waals surface area contributed by atoms with Crippen molar-refractivity contribution in [1.29, 1.82) is 0 Å². The molecule has 2 aromatic rings. The van der Waals surface area contributed by atoms with Gasteiger partial charge < -0.3 is 15.2 Å². The number of rotatable bonds is 5. The number of thiocarbonyl (C=S) groups is 1. The van der Waals surface area contributed by atoms with Crippen LogP contribution in [0.5, 0.6) is 11.5 Å². The lowest BCUT2D eigenvalue weighted by molar-refractivity contribution is 0.0974. The Bertz CT molecular complexity index is 871. The third-order valence-electron chi connectivity index (χ3n) is 4.37. The standard InChI is InChI=1S/C20H23BrN2O3S/c1-5-11(2)13-6-7-17(24)16(9-13)22-20(27)23-19(25)15-10-14(21)8-12(3)18(15)26-4/h6-11,24H,5H2,1-4H3,(H2,22,23,25,27). The molecular weight excluding hydrogens is 428 g/mol. The van der Waals surface area contributed by atoms with E-state index >= 15 is 0 Å². The first-order chi connectivity index (χ1) is 12.8. The van der Waals surface area contributed by atoms with Crippen molar-refractivity contribution in [3.05, 3.63) is 51.5 Å². The van der Waals surface area contributed by atoms with Gasteiger partial charge in [0, 0.05) is 4.47 Å². The van der Waals surface area contributed by atoms with Gasteiger partial charge in [-0.15, -0.1) is 0 Å².